The Morgan fingerprint density at radius 3 is 1.83 bits per heavy atom. The molecule has 136 valence electrons. The summed E-state index contributed by atoms with van der Waals surface area (Å²) in [4.78, 5) is 0. The standard InChI is InChI=1S/C12H22O11/c13-1-3-5(15)6(16)9(19)12(22-3)23-10-4(2-14)21-11(20)8(18)7(10)17/h3-20H,1-2H2/t3?,4?,5?,6?,7?,8?,9?,10-,11-,12+/m1/s1. The number of aliphatic hydroxyl groups excluding tert-OH is 8. The van der Waals surface area contributed by atoms with E-state index < -0.39 is 74.6 Å². The van der Waals surface area contributed by atoms with E-state index in [2.05, 4.69) is 0 Å². The second-order valence-electron chi connectivity index (χ2n) is 5.53. The average Bonchev–Trinajstić information content (AvgIpc) is 2.55. The van der Waals surface area contributed by atoms with Crippen molar-refractivity contribution >= 4 is 0 Å². The fourth-order valence-corrected chi connectivity index (χ4v) is 2.57. The van der Waals surface area contributed by atoms with E-state index in [9.17, 15) is 35.7 Å². The minimum absolute atomic E-state index is 0.667. The molecule has 0 bridgehead atoms. The molecule has 11 heteroatoms. The molecule has 23 heavy (non-hydrogen) atoms. The lowest BCUT2D eigenvalue weighted by Crippen LogP contribution is -2.64. The summed E-state index contributed by atoms with van der Waals surface area (Å²) in [7, 11) is 0. The highest BCUT2D eigenvalue weighted by molar-refractivity contribution is 4.93. The summed E-state index contributed by atoms with van der Waals surface area (Å²) in [5.41, 5.74) is 0. The predicted molar refractivity (Wildman–Crippen MR) is 68.6 cm³/mol. The predicted octanol–water partition coefficient (Wildman–Crippen LogP) is -5.40. The SMILES string of the molecule is OCC1O[C@@H](O[C@@H]2C(CO)O[C@@H](O)C(O)C2O)C(O)C(O)C1O. The Kier molecular flexibility index (Phi) is 6.27. The summed E-state index contributed by atoms with van der Waals surface area (Å²) in [6.45, 7) is -1.35. The van der Waals surface area contributed by atoms with Crippen LogP contribution in [0.15, 0.2) is 0 Å². The van der Waals surface area contributed by atoms with E-state index in [0.29, 0.717) is 0 Å². The van der Waals surface area contributed by atoms with Crippen molar-refractivity contribution in [3.05, 3.63) is 0 Å². The van der Waals surface area contributed by atoms with Crippen molar-refractivity contribution in [1.29, 1.82) is 0 Å². The highest BCUT2D eigenvalue weighted by Crippen LogP contribution is 2.28. The van der Waals surface area contributed by atoms with E-state index in [1.165, 1.54) is 0 Å². The number of rotatable bonds is 4. The zero-order valence-electron chi connectivity index (χ0n) is 12.0. The highest BCUT2D eigenvalue weighted by Gasteiger charge is 2.50. The van der Waals surface area contributed by atoms with Crippen molar-refractivity contribution in [1.82, 2.24) is 0 Å². The molecule has 7 unspecified atom stereocenters. The zero-order chi connectivity index (χ0) is 17.3. The lowest BCUT2D eigenvalue weighted by Gasteiger charge is -2.45. The molecule has 0 spiro atoms. The molecule has 2 fully saturated rings. The van der Waals surface area contributed by atoms with Crippen LogP contribution in [0.2, 0.25) is 0 Å². The molecule has 2 saturated heterocycles. The molecular formula is C12H22O11. The maximum Gasteiger partial charge on any atom is 0.187 e. The first-order valence-corrected chi connectivity index (χ1v) is 7.08. The fourth-order valence-electron chi connectivity index (χ4n) is 2.57. The Labute approximate surface area is 130 Å². The van der Waals surface area contributed by atoms with Gasteiger partial charge in [0.1, 0.15) is 48.8 Å². The van der Waals surface area contributed by atoms with Gasteiger partial charge in [0.25, 0.3) is 0 Å². The summed E-state index contributed by atoms with van der Waals surface area (Å²) >= 11 is 0. The van der Waals surface area contributed by atoms with E-state index in [-0.39, 0.29) is 0 Å². The van der Waals surface area contributed by atoms with Crippen LogP contribution in [-0.4, -0.2) is 115 Å². The van der Waals surface area contributed by atoms with Gasteiger partial charge in [-0.05, 0) is 0 Å². The van der Waals surface area contributed by atoms with Gasteiger partial charge in [-0.25, -0.2) is 0 Å². The quantitative estimate of drug-likeness (QED) is 0.243. The summed E-state index contributed by atoms with van der Waals surface area (Å²) in [6.07, 6.45) is -15.6. The van der Waals surface area contributed by atoms with Gasteiger partial charge in [0.05, 0.1) is 13.2 Å². The highest BCUT2D eigenvalue weighted by atomic mass is 16.7. The first-order chi connectivity index (χ1) is 10.8. The molecule has 8 N–H and O–H groups in total. The lowest BCUT2D eigenvalue weighted by molar-refractivity contribution is -0.355. The van der Waals surface area contributed by atoms with Crippen molar-refractivity contribution in [3.8, 4) is 0 Å². The zero-order valence-corrected chi connectivity index (χ0v) is 12.0. The topological polar surface area (TPSA) is 190 Å². The van der Waals surface area contributed by atoms with Crippen LogP contribution in [-0.2, 0) is 14.2 Å². The van der Waals surface area contributed by atoms with Crippen molar-refractivity contribution in [2.45, 2.75) is 61.4 Å². The lowest BCUT2D eigenvalue weighted by atomic mass is 9.97. The minimum atomic E-state index is -1.74. The number of aliphatic hydroxyl groups is 8. The number of hydrogen-bond donors (Lipinski definition) is 8. The van der Waals surface area contributed by atoms with Crippen LogP contribution in [0.4, 0.5) is 0 Å². The summed E-state index contributed by atoms with van der Waals surface area (Å²) < 4.78 is 15.3. The van der Waals surface area contributed by atoms with Crippen LogP contribution in [0.25, 0.3) is 0 Å². The minimum Gasteiger partial charge on any atom is -0.394 e. The largest absolute Gasteiger partial charge is 0.394 e. The molecular weight excluding hydrogens is 320 g/mol. The third kappa shape index (κ3) is 3.65. The molecule has 2 heterocycles. The van der Waals surface area contributed by atoms with E-state index in [0.717, 1.165) is 0 Å². The van der Waals surface area contributed by atoms with Crippen LogP contribution < -0.4 is 0 Å². The normalized spacial score (nSPS) is 51.7. The molecule has 11 nitrogen and oxygen atoms in total. The first-order valence-electron chi connectivity index (χ1n) is 7.08. The van der Waals surface area contributed by atoms with Gasteiger partial charge < -0.3 is 55.1 Å². The Bertz CT molecular complexity index is 378. The Morgan fingerprint density at radius 1 is 0.652 bits per heavy atom. The van der Waals surface area contributed by atoms with Gasteiger partial charge in [-0.1, -0.05) is 0 Å². The van der Waals surface area contributed by atoms with E-state index in [4.69, 9.17) is 19.3 Å². The Balaban J connectivity index is 2.11. The molecule has 0 saturated carbocycles. The number of hydrogen-bond acceptors (Lipinski definition) is 11. The number of ether oxygens (including phenoxy) is 3. The van der Waals surface area contributed by atoms with Gasteiger partial charge in [0.15, 0.2) is 12.6 Å². The van der Waals surface area contributed by atoms with Crippen molar-refractivity contribution in [2.75, 3.05) is 13.2 Å². The molecule has 0 aromatic rings. The van der Waals surface area contributed by atoms with Gasteiger partial charge in [-0.2, -0.15) is 0 Å². The average molecular weight is 342 g/mol. The van der Waals surface area contributed by atoms with Gasteiger partial charge in [-0.3, -0.25) is 0 Å². The van der Waals surface area contributed by atoms with Gasteiger partial charge in [0, 0.05) is 0 Å². The van der Waals surface area contributed by atoms with Crippen LogP contribution in [0.5, 0.6) is 0 Å². The monoisotopic (exact) mass is 342 g/mol. The molecule has 2 aliphatic heterocycles. The van der Waals surface area contributed by atoms with Crippen LogP contribution in [0.3, 0.4) is 0 Å². The van der Waals surface area contributed by atoms with Crippen LogP contribution in [0.1, 0.15) is 0 Å². The van der Waals surface area contributed by atoms with Gasteiger partial charge >= 0.3 is 0 Å². The first kappa shape index (κ1) is 18.9. The maximum atomic E-state index is 9.94. The van der Waals surface area contributed by atoms with E-state index in [1.54, 1.807) is 0 Å². The molecule has 2 rings (SSSR count). The molecule has 0 aliphatic carbocycles. The smallest absolute Gasteiger partial charge is 0.187 e. The van der Waals surface area contributed by atoms with Crippen LogP contribution in [0, 0.1) is 0 Å². The van der Waals surface area contributed by atoms with E-state index >= 15 is 0 Å². The molecule has 0 aromatic heterocycles. The summed E-state index contributed by atoms with van der Waals surface area (Å²) in [5.74, 6) is 0. The Morgan fingerprint density at radius 2 is 1.26 bits per heavy atom. The van der Waals surface area contributed by atoms with Gasteiger partial charge in [-0.15, -0.1) is 0 Å². The summed E-state index contributed by atoms with van der Waals surface area (Å²) in [6, 6.07) is 0. The molecule has 2 aliphatic rings. The van der Waals surface area contributed by atoms with Crippen molar-refractivity contribution in [2.24, 2.45) is 0 Å². The third-order valence-corrected chi connectivity index (χ3v) is 3.98. The fraction of sp³-hybridized carbons (Fsp3) is 1.00. The van der Waals surface area contributed by atoms with Crippen molar-refractivity contribution in [3.63, 3.8) is 0 Å². The van der Waals surface area contributed by atoms with E-state index in [1.807, 2.05) is 0 Å². The maximum absolute atomic E-state index is 9.94. The molecule has 0 aromatic carbocycles. The second-order valence-corrected chi connectivity index (χ2v) is 5.53. The van der Waals surface area contributed by atoms with Crippen LogP contribution >= 0.6 is 0 Å². The van der Waals surface area contributed by atoms with Gasteiger partial charge in [0.2, 0.25) is 0 Å². The third-order valence-electron chi connectivity index (χ3n) is 3.98. The Hall–Kier alpha value is -0.440. The van der Waals surface area contributed by atoms with Crippen molar-refractivity contribution < 1.29 is 55.1 Å². The molecule has 10 atom stereocenters. The second kappa shape index (κ2) is 7.63. The molecule has 0 amide bonds. The summed E-state index contributed by atoms with van der Waals surface area (Å²) in [5, 5.41) is 76.5. The molecule has 0 radical (unpaired) electrons.